The maximum atomic E-state index is 13.1. The van der Waals surface area contributed by atoms with Gasteiger partial charge in [0.25, 0.3) is 5.69 Å². The van der Waals surface area contributed by atoms with E-state index in [-0.39, 0.29) is 35.4 Å². The summed E-state index contributed by atoms with van der Waals surface area (Å²) < 4.78 is 42.3. The van der Waals surface area contributed by atoms with E-state index in [2.05, 4.69) is 26.3 Å². The Morgan fingerprint density at radius 3 is 2.37 bits per heavy atom. The molecule has 35 heavy (non-hydrogen) atoms. The molecular weight excluding hydrogens is 545 g/mol. The molecule has 0 saturated carbocycles. The first-order valence-electron chi connectivity index (χ1n) is 10.7. The van der Waals surface area contributed by atoms with Gasteiger partial charge in [-0.05, 0) is 58.6 Å². The molecule has 10 nitrogen and oxygen atoms in total. The van der Waals surface area contributed by atoms with E-state index in [0.29, 0.717) is 29.7 Å². The fraction of sp³-hybridized carbons (Fsp3) is 0.273. The summed E-state index contributed by atoms with van der Waals surface area (Å²) in [7, 11) is -3.82. The number of aromatic nitrogens is 2. The van der Waals surface area contributed by atoms with E-state index in [1.165, 1.54) is 28.6 Å². The minimum Gasteiger partial charge on any atom is -0.308 e. The summed E-state index contributed by atoms with van der Waals surface area (Å²) >= 11 is 3.38. The average molecular weight is 566 g/mol. The summed E-state index contributed by atoms with van der Waals surface area (Å²) in [6.45, 7) is 0.697. The number of hydrogen-bond donors (Lipinski definition) is 1. The molecule has 1 aromatic heterocycles. The van der Waals surface area contributed by atoms with Crippen molar-refractivity contribution in [1.29, 1.82) is 0 Å². The van der Waals surface area contributed by atoms with Gasteiger partial charge in [0.2, 0.25) is 15.9 Å². The second-order valence-corrected chi connectivity index (χ2v) is 10.9. The van der Waals surface area contributed by atoms with Gasteiger partial charge in [-0.15, -0.1) is 0 Å². The summed E-state index contributed by atoms with van der Waals surface area (Å²) in [6.07, 6.45) is 2.36. The maximum absolute atomic E-state index is 13.1. The number of benzene rings is 2. The van der Waals surface area contributed by atoms with Crippen molar-refractivity contribution in [1.82, 2.24) is 14.1 Å². The predicted molar refractivity (Wildman–Crippen MR) is 129 cm³/mol. The van der Waals surface area contributed by atoms with Crippen LogP contribution in [-0.4, -0.2) is 46.4 Å². The number of halogens is 2. The van der Waals surface area contributed by atoms with Crippen molar-refractivity contribution in [3.8, 4) is 0 Å². The Labute approximate surface area is 209 Å². The number of rotatable bonds is 7. The fourth-order valence-corrected chi connectivity index (χ4v) is 5.69. The van der Waals surface area contributed by atoms with Gasteiger partial charge in [0.05, 0.1) is 20.8 Å². The van der Waals surface area contributed by atoms with Gasteiger partial charge in [0.15, 0.2) is 5.82 Å². The number of anilines is 1. The fourth-order valence-electron chi connectivity index (χ4n) is 3.81. The molecule has 0 unspecified atom stereocenters. The van der Waals surface area contributed by atoms with Crippen LogP contribution in [0.15, 0.2) is 64.1 Å². The zero-order valence-corrected chi connectivity index (χ0v) is 20.7. The summed E-state index contributed by atoms with van der Waals surface area (Å²) in [5.41, 5.74) is 0.659. The number of non-ortho nitro benzene ring substituents is 1. The highest BCUT2D eigenvalue weighted by atomic mass is 79.9. The van der Waals surface area contributed by atoms with Gasteiger partial charge in [0.1, 0.15) is 5.82 Å². The normalized spacial score (nSPS) is 15.1. The minimum atomic E-state index is -3.82. The third-order valence-corrected chi connectivity index (χ3v) is 8.22. The Bertz CT molecular complexity index is 1340. The first-order chi connectivity index (χ1) is 16.6. The minimum absolute atomic E-state index is 0.0263. The van der Waals surface area contributed by atoms with E-state index in [9.17, 15) is 27.7 Å². The molecule has 1 fully saturated rings. The first kappa shape index (κ1) is 24.9. The smallest absolute Gasteiger partial charge is 0.269 e. The number of nitrogens with one attached hydrogen (secondary N) is 1. The SMILES string of the molecule is O=C(Nc1nn(Cc2ccc(F)cc2)cc1Br)C1CCN(S(=O)(=O)c2ccc([N+](=O)[O-])cc2)CC1. The van der Waals surface area contributed by atoms with Crippen LogP contribution < -0.4 is 5.32 Å². The number of carbonyl (C=O) groups excluding carboxylic acids is 1. The average Bonchev–Trinajstić information content (AvgIpc) is 3.18. The van der Waals surface area contributed by atoms with Gasteiger partial charge in [-0.2, -0.15) is 9.40 Å². The third-order valence-electron chi connectivity index (χ3n) is 5.73. The summed E-state index contributed by atoms with van der Waals surface area (Å²) in [5, 5.41) is 18.0. The van der Waals surface area contributed by atoms with Crippen LogP contribution in [-0.2, 0) is 21.4 Å². The molecule has 0 spiro atoms. The number of nitro benzene ring substituents is 1. The van der Waals surface area contributed by atoms with Crippen LogP contribution in [0.4, 0.5) is 15.9 Å². The third kappa shape index (κ3) is 5.74. The van der Waals surface area contributed by atoms with E-state index >= 15 is 0 Å². The molecule has 13 heteroatoms. The Morgan fingerprint density at radius 2 is 1.77 bits per heavy atom. The molecular formula is C22H21BrFN5O5S. The van der Waals surface area contributed by atoms with Crippen molar-refractivity contribution in [2.75, 3.05) is 18.4 Å². The number of nitrogens with zero attached hydrogens (tertiary/aromatic N) is 4. The van der Waals surface area contributed by atoms with Crippen molar-refractivity contribution in [2.45, 2.75) is 24.3 Å². The monoisotopic (exact) mass is 565 g/mol. The number of carbonyl (C=O) groups is 1. The van der Waals surface area contributed by atoms with Gasteiger partial charge in [-0.3, -0.25) is 19.6 Å². The van der Waals surface area contributed by atoms with Crippen LogP contribution in [0.3, 0.4) is 0 Å². The summed E-state index contributed by atoms with van der Waals surface area (Å²) in [5.74, 6) is -0.634. The largest absolute Gasteiger partial charge is 0.308 e. The Morgan fingerprint density at radius 1 is 1.14 bits per heavy atom. The Kier molecular flexibility index (Phi) is 7.28. The van der Waals surface area contributed by atoms with E-state index in [1.807, 2.05) is 0 Å². The van der Waals surface area contributed by atoms with Crippen molar-refractivity contribution >= 4 is 43.4 Å². The van der Waals surface area contributed by atoms with Crippen LogP contribution in [0.25, 0.3) is 0 Å². The lowest BCUT2D eigenvalue weighted by Crippen LogP contribution is -2.41. The maximum Gasteiger partial charge on any atom is 0.269 e. The second kappa shape index (κ2) is 10.2. The molecule has 0 radical (unpaired) electrons. The van der Waals surface area contributed by atoms with Crippen LogP contribution in [0.1, 0.15) is 18.4 Å². The highest BCUT2D eigenvalue weighted by Gasteiger charge is 2.32. The lowest BCUT2D eigenvalue weighted by molar-refractivity contribution is -0.384. The van der Waals surface area contributed by atoms with E-state index in [0.717, 1.165) is 17.7 Å². The molecule has 0 bridgehead atoms. The Hall–Kier alpha value is -3.16. The molecule has 184 valence electrons. The quantitative estimate of drug-likeness (QED) is 0.343. The van der Waals surface area contributed by atoms with Crippen LogP contribution in [0.2, 0.25) is 0 Å². The van der Waals surface area contributed by atoms with Gasteiger partial charge in [-0.25, -0.2) is 12.8 Å². The zero-order valence-electron chi connectivity index (χ0n) is 18.3. The molecule has 1 aliphatic rings. The van der Waals surface area contributed by atoms with Crippen LogP contribution >= 0.6 is 15.9 Å². The topological polar surface area (TPSA) is 127 Å². The zero-order chi connectivity index (χ0) is 25.2. The molecule has 1 N–H and O–H groups in total. The number of hydrogen-bond acceptors (Lipinski definition) is 6. The lowest BCUT2D eigenvalue weighted by Gasteiger charge is -2.30. The molecule has 0 aliphatic carbocycles. The highest BCUT2D eigenvalue weighted by molar-refractivity contribution is 9.10. The van der Waals surface area contributed by atoms with Gasteiger partial charge in [0, 0.05) is 37.3 Å². The standard InChI is InChI=1S/C22H21BrFN5O5S/c23-20-14-27(13-15-1-3-17(24)4-2-15)26-21(20)25-22(30)16-9-11-28(12-10-16)35(33,34)19-7-5-18(6-8-19)29(31)32/h1-8,14,16H,9-13H2,(H,25,26,30). The highest BCUT2D eigenvalue weighted by Crippen LogP contribution is 2.27. The molecule has 4 rings (SSSR count). The molecule has 1 amide bonds. The number of sulfonamides is 1. The summed E-state index contributed by atoms with van der Waals surface area (Å²) in [4.78, 5) is 23.0. The van der Waals surface area contributed by atoms with Crippen molar-refractivity contribution in [3.63, 3.8) is 0 Å². The second-order valence-electron chi connectivity index (χ2n) is 8.07. The van der Waals surface area contributed by atoms with Gasteiger partial charge < -0.3 is 5.32 Å². The molecule has 2 heterocycles. The molecule has 2 aromatic carbocycles. The number of piperidine rings is 1. The molecule has 1 aliphatic heterocycles. The van der Waals surface area contributed by atoms with Crippen molar-refractivity contribution in [3.05, 3.63) is 80.7 Å². The molecule has 3 aromatic rings. The van der Waals surface area contributed by atoms with Gasteiger partial charge in [-0.1, -0.05) is 12.1 Å². The van der Waals surface area contributed by atoms with Crippen LogP contribution in [0, 0.1) is 21.8 Å². The Balaban J connectivity index is 1.35. The lowest BCUT2D eigenvalue weighted by atomic mass is 9.97. The van der Waals surface area contributed by atoms with Crippen molar-refractivity contribution < 1.29 is 22.5 Å². The predicted octanol–water partition coefficient (Wildman–Crippen LogP) is 3.78. The molecule has 0 atom stereocenters. The summed E-state index contributed by atoms with van der Waals surface area (Å²) in [6, 6.07) is 10.8. The van der Waals surface area contributed by atoms with E-state index in [1.54, 1.807) is 23.0 Å². The van der Waals surface area contributed by atoms with Crippen molar-refractivity contribution in [2.24, 2.45) is 5.92 Å². The molecule has 1 saturated heterocycles. The number of amides is 1. The number of nitro groups is 1. The van der Waals surface area contributed by atoms with Crippen LogP contribution in [0.5, 0.6) is 0 Å². The van der Waals surface area contributed by atoms with E-state index in [4.69, 9.17) is 0 Å². The van der Waals surface area contributed by atoms with E-state index < -0.39 is 20.9 Å². The van der Waals surface area contributed by atoms with Gasteiger partial charge >= 0.3 is 0 Å². The first-order valence-corrected chi connectivity index (χ1v) is 12.9.